The predicted molar refractivity (Wildman–Crippen MR) is 130 cm³/mol. The van der Waals surface area contributed by atoms with Crippen LogP contribution in [-0.2, 0) is 6.42 Å². The van der Waals surface area contributed by atoms with Gasteiger partial charge >= 0.3 is 0 Å². The summed E-state index contributed by atoms with van der Waals surface area (Å²) >= 11 is 0. The van der Waals surface area contributed by atoms with Crippen LogP contribution in [0.4, 0.5) is 0 Å². The maximum Gasteiger partial charge on any atom is 0.119 e. The molecule has 1 aromatic carbocycles. The van der Waals surface area contributed by atoms with E-state index in [-0.39, 0.29) is 0 Å². The number of hydrogen-bond donors (Lipinski definition) is 0. The van der Waals surface area contributed by atoms with Gasteiger partial charge in [0.2, 0.25) is 0 Å². The Bertz CT molecular complexity index is 718. The van der Waals surface area contributed by atoms with Gasteiger partial charge in [-0.2, -0.15) is 0 Å². The minimum atomic E-state index is 0.821. The summed E-state index contributed by atoms with van der Waals surface area (Å²) in [6.45, 7) is 5.21. The Labute approximate surface area is 190 Å². The number of hydrogen-bond acceptors (Lipinski definition) is 3. The monoisotopic (exact) mass is 422 g/mol. The fourth-order valence-electron chi connectivity index (χ4n) is 4.82. The zero-order valence-electron chi connectivity index (χ0n) is 19.8. The molecule has 1 aliphatic rings. The first-order chi connectivity index (χ1) is 15.3. The largest absolute Gasteiger partial charge is 0.494 e. The lowest BCUT2D eigenvalue weighted by molar-refractivity contribution is 0.228. The minimum absolute atomic E-state index is 0.821. The number of nitrogens with zero attached hydrogens (tertiary/aromatic N) is 2. The van der Waals surface area contributed by atoms with Gasteiger partial charge in [-0.3, -0.25) is 9.97 Å². The van der Waals surface area contributed by atoms with Crippen molar-refractivity contribution >= 4 is 0 Å². The van der Waals surface area contributed by atoms with Crippen molar-refractivity contribution < 1.29 is 4.74 Å². The van der Waals surface area contributed by atoms with E-state index in [0.29, 0.717) is 0 Å². The van der Waals surface area contributed by atoms with E-state index in [2.05, 4.69) is 48.1 Å². The highest BCUT2D eigenvalue weighted by Crippen LogP contribution is 2.34. The van der Waals surface area contributed by atoms with Gasteiger partial charge in [-0.05, 0) is 55.4 Å². The van der Waals surface area contributed by atoms with E-state index in [1.165, 1.54) is 70.6 Å². The average Bonchev–Trinajstić information content (AvgIpc) is 2.83. The predicted octanol–water partition coefficient (Wildman–Crippen LogP) is 8.03. The first-order valence-corrected chi connectivity index (χ1v) is 12.8. The molecule has 3 rings (SSSR count). The molecule has 2 aromatic rings. The van der Waals surface area contributed by atoms with Crippen molar-refractivity contribution in [2.24, 2.45) is 11.8 Å². The number of unbranched alkanes of at least 4 members (excludes halogenated alkanes) is 4. The Morgan fingerprint density at radius 1 is 0.774 bits per heavy atom. The molecule has 1 aliphatic carbocycles. The molecular weight excluding hydrogens is 380 g/mol. The SMILES string of the molecule is CCCCCCCC1CCC(CCCOc2ccc(-c3cnc(CC)cn3)cc2)CC1. The van der Waals surface area contributed by atoms with Crippen LogP contribution in [0.25, 0.3) is 11.3 Å². The lowest BCUT2D eigenvalue weighted by Crippen LogP contribution is -2.15. The molecule has 1 saturated carbocycles. The van der Waals surface area contributed by atoms with Gasteiger partial charge in [-0.1, -0.05) is 78.1 Å². The van der Waals surface area contributed by atoms with Gasteiger partial charge in [0.15, 0.2) is 0 Å². The Hall–Kier alpha value is -1.90. The molecule has 0 atom stereocenters. The minimum Gasteiger partial charge on any atom is -0.494 e. The number of rotatable bonds is 13. The van der Waals surface area contributed by atoms with Gasteiger partial charge < -0.3 is 4.74 Å². The van der Waals surface area contributed by atoms with Crippen molar-refractivity contribution in [2.75, 3.05) is 6.61 Å². The third-order valence-electron chi connectivity index (χ3n) is 6.93. The van der Waals surface area contributed by atoms with Crippen LogP contribution in [-0.4, -0.2) is 16.6 Å². The van der Waals surface area contributed by atoms with Crippen LogP contribution in [0.5, 0.6) is 5.75 Å². The zero-order chi connectivity index (χ0) is 21.7. The lowest BCUT2D eigenvalue weighted by atomic mass is 9.78. The molecule has 0 bridgehead atoms. The number of ether oxygens (including phenoxy) is 1. The smallest absolute Gasteiger partial charge is 0.119 e. The molecule has 0 unspecified atom stereocenters. The Morgan fingerprint density at radius 2 is 1.45 bits per heavy atom. The molecule has 0 spiro atoms. The molecule has 0 aliphatic heterocycles. The van der Waals surface area contributed by atoms with Crippen molar-refractivity contribution in [3.8, 4) is 17.0 Å². The number of aryl methyl sites for hydroxylation is 1. The highest BCUT2D eigenvalue weighted by atomic mass is 16.5. The van der Waals surface area contributed by atoms with Crippen LogP contribution < -0.4 is 4.74 Å². The summed E-state index contributed by atoms with van der Waals surface area (Å²) in [4.78, 5) is 8.94. The Balaban J connectivity index is 1.28. The van der Waals surface area contributed by atoms with E-state index in [4.69, 9.17) is 4.74 Å². The zero-order valence-corrected chi connectivity index (χ0v) is 19.8. The van der Waals surface area contributed by atoms with Gasteiger partial charge in [0.25, 0.3) is 0 Å². The van der Waals surface area contributed by atoms with Crippen LogP contribution in [0, 0.1) is 11.8 Å². The molecule has 0 N–H and O–H groups in total. The van der Waals surface area contributed by atoms with E-state index < -0.39 is 0 Å². The molecular formula is C28H42N2O. The van der Waals surface area contributed by atoms with Gasteiger partial charge in [-0.25, -0.2) is 0 Å². The Kier molecular flexibility index (Phi) is 10.3. The van der Waals surface area contributed by atoms with Crippen LogP contribution in [0.2, 0.25) is 0 Å². The summed E-state index contributed by atoms with van der Waals surface area (Å²) in [5.41, 5.74) is 3.03. The second kappa shape index (κ2) is 13.5. The van der Waals surface area contributed by atoms with Gasteiger partial charge in [-0.15, -0.1) is 0 Å². The van der Waals surface area contributed by atoms with E-state index in [1.807, 2.05) is 12.4 Å². The normalized spacial score (nSPS) is 18.8. The molecule has 1 heterocycles. The van der Waals surface area contributed by atoms with Crippen molar-refractivity contribution in [2.45, 2.75) is 97.3 Å². The number of benzene rings is 1. The molecule has 1 aromatic heterocycles. The molecule has 0 amide bonds. The van der Waals surface area contributed by atoms with Crippen molar-refractivity contribution in [3.63, 3.8) is 0 Å². The van der Waals surface area contributed by atoms with E-state index in [9.17, 15) is 0 Å². The quantitative estimate of drug-likeness (QED) is 0.306. The van der Waals surface area contributed by atoms with Crippen LogP contribution in [0.1, 0.15) is 96.6 Å². The maximum atomic E-state index is 5.99. The molecule has 1 fully saturated rings. The summed E-state index contributed by atoms with van der Waals surface area (Å²) in [6, 6.07) is 8.26. The van der Waals surface area contributed by atoms with E-state index >= 15 is 0 Å². The van der Waals surface area contributed by atoms with E-state index in [0.717, 1.165) is 54.0 Å². The van der Waals surface area contributed by atoms with Crippen molar-refractivity contribution in [3.05, 3.63) is 42.4 Å². The molecule has 0 radical (unpaired) electrons. The van der Waals surface area contributed by atoms with Gasteiger partial charge in [0.1, 0.15) is 5.75 Å². The maximum absolute atomic E-state index is 5.99. The first-order valence-electron chi connectivity index (χ1n) is 12.8. The second-order valence-corrected chi connectivity index (χ2v) is 9.35. The van der Waals surface area contributed by atoms with Gasteiger partial charge in [0.05, 0.1) is 24.2 Å². The summed E-state index contributed by atoms with van der Waals surface area (Å²) in [5, 5.41) is 0. The van der Waals surface area contributed by atoms with Crippen LogP contribution in [0.15, 0.2) is 36.7 Å². The Morgan fingerprint density at radius 3 is 2.06 bits per heavy atom. The summed E-state index contributed by atoms with van der Waals surface area (Å²) in [6.07, 6.45) is 21.5. The van der Waals surface area contributed by atoms with Crippen molar-refractivity contribution in [1.82, 2.24) is 9.97 Å². The van der Waals surface area contributed by atoms with Gasteiger partial charge in [0, 0.05) is 11.8 Å². The third-order valence-corrected chi connectivity index (χ3v) is 6.93. The number of aromatic nitrogens is 2. The molecule has 170 valence electrons. The fourth-order valence-corrected chi connectivity index (χ4v) is 4.82. The molecule has 31 heavy (non-hydrogen) atoms. The third kappa shape index (κ3) is 8.27. The first kappa shape index (κ1) is 23.8. The lowest BCUT2D eigenvalue weighted by Gasteiger charge is -2.28. The summed E-state index contributed by atoms with van der Waals surface area (Å²) in [5.74, 6) is 2.89. The molecule has 0 saturated heterocycles. The highest BCUT2D eigenvalue weighted by molar-refractivity contribution is 5.58. The molecule has 3 heteroatoms. The summed E-state index contributed by atoms with van der Waals surface area (Å²) in [7, 11) is 0. The second-order valence-electron chi connectivity index (χ2n) is 9.35. The average molecular weight is 423 g/mol. The fraction of sp³-hybridized carbons (Fsp3) is 0.643. The topological polar surface area (TPSA) is 35.0 Å². The standard InChI is InChI=1S/C28H42N2O/c1-3-5-6-7-8-10-23-12-14-24(15-13-23)11-9-20-31-27-18-16-25(17-19-27)28-22-29-26(4-2)21-30-28/h16-19,21-24H,3-15,20H2,1-2H3. The highest BCUT2D eigenvalue weighted by Gasteiger charge is 2.20. The molecule has 3 nitrogen and oxygen atoms in total. The van der Waals surface area contributed by atoms with Crippen LogP contribution in [0.3, 0.4) is 0 Å². The van der Waals surface area contributed by atoms with Crippen LogP contribution >= 0.6 is 0 Å². The van der Waals surface area contributed by atoms with Crippen molar-refractivity contribution in [1.29, 1.82) is 0 Å². The van der Waals surface area contributed by atoms with E-state index in [1.54, 1.807) is 0 Å². The summed E-state index contributed by atoms with van der Waals surface area (Å²) < 4.78 is 5.99.